The highest BCUT2D eigenvalue weighted by molar-refractivity contribution is 7.89. The third kappa shape index (κ3) is 3.54. The van der Waals surface area contributed by atoms with Gasteiger partial charge in [0.2, 0.25) is 10.0 Å². The number of rotatable bonds is 6. The van der Waals surface area contributed by atoms with Gasteiger partial charge in [-0.2, -0.15) is 0 Å². The third-order valence-corrected chi connectivity index (χ3v) is 4.62. The summed E-state index contributed by atoms with van der Waals surface area (Å²) in [6.45, 7) is 6.20. The van der Waals surface area contributed by atoms with Crippen molar-refractivity contribution in [2.45, 2.75) is 44.7 Å². The molecule has 0 aliphatic carbocycles. The van der Waals surface area contributed by atoms with Crippen LogP contribution in [0.1, 0.15) is 32.8 Å². The molecule has 1 aromatic carbocycles. The van der Waals surface area contributed by atoms with Gasteiger partial charge in [-0.1, -0.05) is 39.0 Å². The van der Waals surface area contributed by atoms with Gasteiger partial charge in [-0.05, 0) is 24.0 Å². The number of sulfonamides is 1. The Kier molecular flexibility index (Phi) is 5.31. The zero-order valence-electron chi connectivity index (χ0n) is 11.2. The van der Waals surface area contributed by atoms with Gasteiger partial charge >= 0.3 is 0 Å². The Morgan fingerprint density at radius 3 is 2.39 bits per heavy atom. The first-order chi connectivity index (χ1) is 8.42. The lowest BCUT2D eigenvalue weighted by atomic mass is 10.0. The van der Waals surface area contributed by atoms with Crippen molar-refractivity contribution in [1.29, 1.82) is 0 Å². The number of hydrogen-bond donors (Lipinski definition) is 2. The third-order valence-electron chi connectivity index (χ3n) is 3.03. The van der Waals surface area contributed by atoms with E-state index in [0.29, 0.717) is 5.56 Å². The van der Waals surface area contributed by atoms with Gasteiger partial charge in [0.25, 0.3) is 0 Å². The summed E-state index contributed by atoms with van der Waals surface area (Å²) in [5.74, 6) is 0.259. The van der Waals surface area contributed by atoms with Crippen LogP contribution >= 0.6 is 0 Å². The molecule has 4 nitrogen and oxygen atoms in total. The van der Waals surface area contributed by atoms with Crippen LogP contribution in [-0.4, -0.2) is 14.5 Å². The van der Waals surface area contributed by atoms with Gasteiger partial charge < -0.3 is 5.73 Å². The van der Waals surface area contributed by atoms with Crippen molar-refractivity contribution in [2.24, 2.45) is 11.7 Å². The molecular weight excluding hydrogens is 248 g/mol. The fourth-order valence-corrected chi connectivity index (χ4v) is 3.61. The van der Waals surface area contributed by atoms with Crippen LogP contribution in [0.2, 0.25) is 0 Å². The smallest absolute Gasteiger partial charge is 0.241 e. The van der Waals surface area contributed by atoms with Crippen molar-refractivity contribution >= 4 is 10.0 Å². The van der Waals surface area contributed by atoms with E-state index in [4.69, 9.17) is 5.73 Å². The molecule has 3 N–H and O–H groups in total. The van der Waals surface area contributed by atoms with Crippen molar-refractivity contribution in [2.75, 3.05) is 0 Å². The summed E-state index contributed by atoms with van der Waals surface area (Å²) in [5, 5.41) is 0. The highest BCUT2D eigenvalue weighted by Crippen LogP contribution is 2.17. The number of nitrogens with two attached hydrogens (primary N) is 1. The molecule has 0 aromatic heterocycles. The monoisotopic (exact) mass is 270 g/mol. The molecule has 102 valence electrons. The summed E-state index contributed by atoms with van der Waals surface area (Å²) >= 11 is 0. The first kappa shape index (κ1) is 15.1. The molecule has 1 aromatic rings. The number of hydrogen-bond acceptors (Lipinski definition) is 3. The van der Waals surface area contributed by atoms with Gasteiger partial charge in [0.15, 0.2) is 0 Å². The Morgan fingerprint density at radius 1 is 1.28 bits per heavy atom. The van der Waals surface area contributed by atoms with Crippen molar-refractivity contribution in [3.8, 4) is 0 Å². The molecule has 0 amide bonds. The normalized spacial score (nSPS) is 13.8. The van der Waals surface area contributed by atoms with Gasteiger partial charge in [-0.15, -0.1) is 0 Å². The first-order valence-corrected chi connectivity index (χ1v) is 7.71. The molecule has 0 fully saturated rings. The van der Waals surface area contributed by atoms with Crippen molar-refractivity contribution in [3.05, 3.63) is 29.8 Å². The highest BCUT2D eigenvalue weighted by atomic mass is 32.2. The second-order valence-corrected chi connectivity index (χ2v) is 6.37. The van der Waals surface area contributed by atoms with Crippen LogP contribution in [0.25, 0.3) is 0 Å². The SMILES string of the molecule is CCC(NS(=O)(=O)c1ccccc1CN)C(C)C. The fourth-order valence-electron chi connectivity index (χ4n) is 1.89. The van der Waals surface area contributed by atoms with Crippen LogP contribution < -0.4 is 10.5 Å². The molecule has 1 rings (SSSR count). The molecular formula is C13H22N2O2S. The number of nitrogens with one attached hydrogen (secondary N) is 1. The van der Waals surface area contributed by atoms with Gasteiger partial charge in [-0.25, -0.2) is 13.1 Å². The van der Waals surface area contributed by atoms with E-state index in [1.807, 2.05) is 20.8 Å². The molecule has 0 aliphatic rings. The summed E-state index contributed by atoms with van der Waals surface area (Å²) in [5.41, 5.74) is 6.22. The summed E-state index contributed by atoms with van der Waals surface area (Å²) in [6.07, 6.45) is 0.766. The lowest BCUT2D eigenvalue weighted by molar-refractivity contribution is 0.437. The maximum absolute atomic E-state index is 12.3. The quantitative estimate of drug-likeness (QED) is 0.828. The minimum absolute atomic E-state index is 0.0548. The minimum atomic E-state index is -3.49. The van der Waals surface area contributed by atoms with Crippen LogP contribution in [0.3, 0.4) is 0 Å². The molecule has 0 radical (unpaired) electrons. The average molecular weight is 270 g/mol. The van der Waals surface area contributed by atoms with Gasteiger partial charge in [0.05, 0.1) is 4.90 Å². The Morgan fingerprint density at radius 2 is 1.89 bits per heavy atom. The van der Waals surface area contributed by atoms with E-state index in [1.165, 1.54) is 0 Å². The first-order valence-electron chi connectivity index (χ1n) is 6.22. The molecule has 1 unspecified atom stereocenters. The van der Waals surface area contributed by atoms with E-state index in [2.05, 4.69) is 4.72 Å². The van der Waals surface area contributed by atoms with E-state index in [9.17, 15) is 8.42 Å². The van der Waals surface area contributed by atoms with E-state index >= 15 is 0 Å². The van der Waals surface area contributed by atoms with E-state index in [-0.39, 0.29) is 23.4 Å². The molecule has 0 aliphatic heterocycles. The molecule has 0 spiro atoms. The second-order valence-electron chi connectivity index (χ2n) is 4.69. The Hall–Kier alpha value is -0.910. The Labute approximate surface area is 110 Å². The van der Waals surface area contributed by atoms with E-state index in [0.717, 1.165) is 6.42 Å². The predicted molar refractivity (Wildman–Crippen MR) is 73.6 cm³/mol. The largest absolute Gasteiger partial charge is 0.326 e. The Bertz CT molecular complexity index is 484. The lowest BCUT2D eigenvalue weighted by Gasteiger charge is -2.21. The van der Waals surface area contributed by atoms with Crippen molar-refractivity contribution in [3.63, 3.8) is 0 Å². The Balaban J connectivity index is 3.06. The van der Waals surface area contributed by atoms with E-state index < -0.39 is 10.0 Å². The van der Waals surface area contributed by atoms with Crippen LogP contribution in [0, 0.1) is 5.92 Å². The zero-order valence-corrected chi connectivity index (χ0v) is 12.0. The molecule has 0 saturated heterocycles. The average Bonchev–Trinajstić information content (AvgIpc) is 2.35. The standard InChI is InChI=1S/C13H22N2O2S/c1-4-12(10(2)3)15-18(16,17)13-8-6-5-7-11(13)9-14/h5-8,10,12,15H,4,9,14H2,1-3H3. The minimum Gasteiger partial charge on any atom is -0.326 e. The number of benzene rings is 1. The fraction of sp³-hybridized carbons (Fsp3) is 0.538. The molecule has 0 bridgehead atoms. The van der Waals surface area contributed by atoms with Crippen LogP contribution in [0.4, 0.5) is 0 Å². The highest BCUT2D eigenvalue weighted by Gasteiger charge is 2.22. The second kappa shape index (κ2) is 6.31. The van der Waals surface area contributed by atoms with E-state index in [1.54, 1.807) is 24.3 Å². The molecule has 0 heterocycles. The molecule has 1 atom stereocenters. The summed E-state index contributed by atoms with van der Waals surface area (Å²) in [6, 6.07) is 6.79. The van der Waals surface area contributed by atoms with Gasteiger partial charge in [-0.3, -0.25) is 0 Å². The summed E-state index contributed by atoms with van der Waals surface area (Å²) in [4.78, 5) is 0.284. The van der Waals surface area contributed by atoms with Crippen LogP contribution in [-0.2, 0) is 16.6 Å². The maximum Gasteiger partial charge on any atom is 0.241 e. The summed E-state index contributed by atoms with van der Waals surface area (Å²) < 4.78 is 27.4. The summed E-state index contributed by atoms with van der Waals surface area (Å²) in [7, 11) is -3.49. The van der Waals surface area contributed by atoms with Crippen molar-refractivity contribution < 1.29 is 8.42 Å². The maximum atomic E-state index is 12.3. The predicted octanol–water partition coefficient (Wildman–Crippen LogP) is 1.86. The zero-order chi connectivity index (χ0) is 13.8. The van der Waals surface area contributed by atoms with Crippen LogP contribution in [0.5, 0.6) is 0 Å². The van der Waals surface area contributed by atoms with Gasteiger partial charge in [0.1, 0.15) is 0 Å². The van der Waals surface area contributed by atoms with Gasteiger partial charge in [0, 0.05) is 12.6 Å². The molecule has 5 heteroatoms. The van der Waals surface area contributed by atoms with Crippen molar-refractivity contribution in [1.82, 2.24) is 4.72 Å². The molecule has 18 heavy (non-hydrogen) atoms. The van der Waals surface area contributed by atoms with Crippen LogP contribution in [0.15, 0.2) is 29.2 Å². The molecule has 0 saturated carbocycles. The lowest BCUT2D eigenvalue weighted by Crippen LogP contribution is -2.38. The topological polar surface area (TPSA) is 72.2 Å².